The highest BCUT2D eigenvalue weighted by Gasteiger charge is 2.23. The SMILES string of the molecule is Cc1ccc(C(=O)N2CCCCNC(=O)c3cc(Cl)ccc3OC[C@@H](CC(C)C)NC(=O)C2)cn1. The topological polar surface area (TPSA) is 101 Å². The molecule has 0 aliphatic carbocycles. The van der Waals surface area contributed by atoms with Crippen molar-refractivity contribution in [1.29, 1.82) is 0 Å². The summed E-state index contributed by atoms with van der Waals surface area (Å²) in [5.41, 5.74) is 1.60. The van der Waals surface area contributed by atoms with Crippen molar-refractivity contribution in [3.63, 3.8) is 0 Å². The fourth-order valence-electron chi connectivity index (χ4n) is 3.93. The highest BCUT2D eigenvalue weighted by Crippen LogP contribution is 2.24. The molecule has 1 aromatic carbocycles. The van der Waals surface area contributed by atoms with Crippen LogP contribution < -0.4 is 15.4 Å². The second-order valence-corrected chi connectivity index (χ2v) is 9.66. The second kappa shape index (κ2) is 12.5. The van der Waals surface area contributed by atoms with Gasteiger partial charge in [-0.15, -0.1) is 0 Å². The number of benzene rings is 1. The number of hydrogen-bond donors (Lipinski definition) is 2. The lowest BCUT2D eigenvalue weighted by Crippen LogP contribution is -2.46. The zero-order valence-corrected chi connectivity index (χ0v) is 21.2. The van der Waals surface area contributed by atoms with Crippen LogP contribution in [0.5, 0.6) is 5.75 Å². The molecule has 2 N–H and O–H groups in total. The summed E-state index contributed by atoms with van der Waals surface area (Å²) in [6, 6.07) is 8.11. The zero-order chi connectivity index (χ0) is 25.4. The Balaban J connectivity index is 1.82. The van der Waals surface area contributed by atoms with E-state index in [0.717, 1.165) is 5.69 Å². The van der Waals surface area contributed by atoms with Crippen molar-refractivity contribution in [3.05, 3.63) is 58.4 Å². The molecular formula is C26H33ClN4O4. The fraction of sp³-hybridized carbons (Fsp3) is 0.462. The predicted molar refractivity (Wildman–Crippen MR) is 135 cm³/mol. The second-order valence-electron chi connectivity index (χ2n) is 9.22. The van der Waals surface area contributed by atoms with Gasteiger partial charge in [-0.05, 0) is 62.4 Å². The molecule has 188 valence electrons. The first-order valence-electron chi connectivity index (χ1n) is 11.9. The Morgan fingerprint density at radius 2 is 2.03 bits per heavy atom. The molecule has 2 aromatic rings. The molecule has 0 bridgehead atoms. The van der Waals surface area contributed by atoms with Crippen LogP contribution in [0, 0.1) is 12.8 Å². The third kappa shape index (κ3) is 7.96. The van der Waals surface area contributed by atoms with Gasteiger partial charge in [-0.2, -0.15) is 0 Å². The summed E-state index contributed by atoms with van der Waals surface area (Å²) in [6.07, 6.45) is 3.46. The highest BCUT2D eigenvalue weighted by atomic mass is 35.5. The molecule has 0 saturated carbocycles. The summed E-state index contributed by atoms with van der Waals surface area (Å²) >= 11 is 6.12. The number of amides is 3. The summed E-state index contributed by atoms with van der Waals surface area (Å²) in [5.74, 6) is -0.0722. The number of aryl methyl sites for hydroxylation is 1. The minimum Gasteiger partial charge on any atom is -0.491 e. The Morgan fingerprint density at radius 3 is 2.74 bits per heavy atom. The van der Waals surface area contributed by atoms with Gasteiger partial charge < -0.3 is 20.3 Å². The van der Waals surface area contributed by atoms with Gasteiger partial charge in [0.05, 0.1) is 23.7 Å². The lowest BCUT2D eigenvalue weighted by molar-refractivity contribution is -0.122. The van der Waals surface area contributed by atoms with E-state index >= 15 is 0 Å². The van der Waals surface area contributed by atoms with E-state index in [4.69, 9.17) is 16.3 Å². The van der Waals surface area contributed by atoms with Crippen molar-refractivity contribution < 1.29 is 19.1 Å². The molecule has 3 amide bonds. The van der Waals surface area contributed by atoms with Crippen molar-refractivity contribution in [3.8, 4) is 5.75 Å². The van der Waals surface area contributed by atoms with Crippen molar-refractivity contribution in [2.24, 2.45) is 5.92 Å². The molecule has 0 radical (unpaired) electrons. The number of fused-ring (bicyclic) bond motifs is 1. The van der Waals surface area contributed by atoms with Crippen LogP contribution in [-0.2, 0) is 4.79 Å². The largest absolute Gasteiger partial charge is 0.491 e. The van der Waals surface area contributed by atoms with Crippen LogP contribution in [0.15, 0.2) is 36.5 Å². The Hall–Kier alpha value is -3.13. The van der Waals surface area contributed by atoms with Crippen molar-refractivity contribution in [2.75, 3.05) is 26.2 Å². The van der Waals surface area contributed by atoms with Gasteiger partial charge in [0.1, 0.15) is 12.4 Å². The van der Waals surface area contributed by atoms with Crippen LogP contribution in [0.2, 0.25) is 5.02 Å². The van der Waals surface area contributed by atoms with E-state index < -0.39 is 0 Å². The Kier molecular flexibility index (Phi) is 9.48. The summed E-state index contributed by atoms with van der Waals surface area (Å²) in [7, 11) is 0. The molecule has 0 saturated heterocycles. The van der Waals surface area contributed by atoms with Crippen LogP contribution in [0.4, 0.5) is 0 Å². The molecule has 1 atom stereocenters. The number of ether oxygens (including phenoxy) is 1. The van der Waals surface area contributed by atoms with Gasteiger partial charge >= 0.3 is 0 Å². The van der Waals surface area contributed by atoms with Gasteiger partial charge in [0.15, 0.2) is 0 Å². The third-order valence-electron chi connectivity index (χ3n) is 5.67. The van der Waals surface area contributed by atoms with E-state index in [2.05, 4.69) is 29.5 Å². The number of carbonyl (C=O) groups is 3. The smallest absolute Gasteiger partial charge is 0.255 e. The lowest BCUT2D eigenvalue weighted by Gasteiger charge is -2.25. The van der Waals surface area contributed by atoms with E-state index in [9.17, 15) is 14.4 Å². The molecule has 0 fully saturated rings. The van der Waals surface area contributed by atoms with Gasteiger partial charge in [0.25, 0.3) is 11.8 Å². The zero-order valence-electron chi connectivity index (χ0n) is 20.5. The summed E-state index contributed by atoms with van der Waals surface area (Å²) in [5, 5.41) is 6.35. The number of aromatic nitrogens is 1. The molecule has 8 nitrogen and oxygen atoms in total. The van der Waals surface area contributed by atoms with E-state index in [1.54, 1.807) is 30.3 Å². The van der Waals surface area contributed by atoms with Crippen LogP contribution in [0.25, 0.3) is 0 Å². The summed E-state index contributed by atoms with van der Waals surface area (Å²) in [6.45, 7) is 6.88. The van der Waals surface area contributed by atoms with Gasteiger partial charge in [-0.1, -0.05) is 25.4 Å². The van der Waals surface area contributed by atoms with Crippen LogP contribution in [0.1, 0.15) is 59.5 Å². The number of pyridine rings is 1. The normalized spacial score (nSPS) is 18.0. The molecule has 35 heavy (non-hydrogen) atoms. The average Bonchev–Trinajstić information content (AvgIpc) is 2.81. The highest BCUT2D eigenvalue weighted by molar-refractivity contribution is 6.31. The first-order chi connectivity index (χ1) is 16.7. The molecule has 1 aliphatic rings. The fourth-order valence-corrected chi connectivity index (χ4v) is 4.11. The first-order valence-corrected chi connectivity index (χ1v) is 12.3. The molecule has 0 unspecified atom stereocenters. The quantitative estimate of drug-likeness (QED) is 0.670. The number of carbonyl (C=O) groups excluding carboxylic acids is 3. The van der Waals surface area contributed by atoms with E-state index in [1.807, 2.05) is 6.92 Å². The summed E-state index contributed by atoms with van der Waals surface area (Å²) < 4.78 is 5.98. The molecular weight excluding hydrogens is 468 g/mol. The molecule has 3 rings (SSSR count). The molecule has 1 aliphatic heterocycles. The minimum absolute atomic E-state index is 0.0696. The van der Waals surface area contributed by atoms with Gasteiger partial charge in [0.2, 0.25) is 5.91 Å². The number of rotatable bonds is 3. The summed E-state index contributed by atoms with van der Waals surface area (Å²) in [4.78, 5) is 44.7. The molecule has 1 aromatic heterocycles. The van der Waals surface area contributed by atoms with Crippen LogP contribution in [0.3, 0.4) is 0 Å². The monoisotopic (exact) mass is 500 g/mol. The van der Waals surface area contributed by atoms with Crippen molar-refractivity contribution in [2.45, 2.75) is 46.1 Å². The maximum atomic E-state index is 13.1. The molecule has 0 spiro atoms. The van der Waals surface area contributed by atoms with E-state index in [1.165, 1.54) is 11.1 Å². The van der Waals surface area contributed by atoms with Gasteiger partial charge in [-0.3, -0.25) is 19.4 Å². The minimum atomic E-state index is -0.294. The lowest BCUT2D eigenvalue weighted by atomic mass is 10.0. The van der Waals surface area contributed by atoms with Crippen molar-refractivity contribution >= 4 is 29.3 Å². The Labute approximate surface area is 211 Å². The van der Waals surface area contributed by atoms with E-state index in [0.29, 0.717) is 60.2 Å². The average molecular weight is 501 g/mol. The number of hydrogen-bond acceptors (Lipinski definition) is 5. The number of nitrogens with zero attached hydrogens (tertiary/aromatic N) is 2. The number of nitrogens with one attached hydrogen (secondary N) is 2. The third-order valence-corrected chi connectivity index (χ3v) is 5.90. The first kappa shape index (κ1) is 26.5. The van der Waals surface area contributed by atoms with Crippen LogP contribution in [-0.4, -0.2) is 59.9 Å². The van der Waals surface area contributed by atoms with Crippen molar-refractivity contribution in [1.82, 2.24) is 20.5 Å². The van der Waals surface area contributed by atoms with E-state index in [-0.39, 0.29) is 36.9 Å². The predicted octanol–water partition coefficient (Wildman–Crippen LogP) is 3.62. The number of halogens is 1. The van der Waals surface area contributed by atoms with Gasteiger partial charge in [-0.25, -0.2) is 0 Å². The Bertz CT molecular complexity index is 1040. The molecule has 2 heterocycles. The maximum absolute atomic E-state index is 13.1. The Morgan fingerprint density at radius 1 is 1.23 bits per heavy atom. The van der Waals surface area contributed by atoms with Crippen LogP contribution >= 0.6 is 11.6 Å². The standard InChI is InChI=1S/C26H33ClN4O4/c1-17(2)12-21-16-35-23-9-8-20(27)13-22(23)25(33)28-10-4-5-11-31(15-24(32)30-21)26(34)19-7-6-18(3)29-14-19/h6-9,13-14,17,21H,4-5,10-12,15-16H2,1-3H3,(H,28,33)(H,30,32)/t21-/m1/s1. The molecule has 9 heteroatoms. The van der Waals surface area contributed by atoms with Gasteiger partial charge in [0, 0.05) is 30.0 Å². The maximum Gasteiger partial charge on any atom is 0.255 e.